The van der Waals surface area contributed by atoms with Crippen LogP contribution in [0.2, 0.25) is 0 Å². The largest absolute Gasteiger partial charge is 0.416 e. The molecule has 1 aromatic carbocycles. The first-order chi connectivity index (χ1) is 9.35. The molecule has 0 saturated heterocycles. The molecule has 4 heteroatoms. The van der Waals surface area contributed by atoms with E-state index in [0.29, 0.717) is 5.92 Å². The van der Waals surface area contributed by atoms with Gasteiger partial charge in [0.1, 0.15) is 0 Å². The van der Waals surface area contributed by atoms with E-state index in [-0.39, 0.29) is 0 Å². The van der Waals surface area contributed by atoms with E-state index in [1.54, 1.807) is 12.1 Å². The number of alkyl halides is 3. The van der Waals surface area contributed by atoms with Gasteiger partial charge in [-0.1, -0.05) is 38.3 Å². The molecule has 1 aromatic rings. The van der Waals surface area contributed by atoms with Crippen molar-refractivity contribution in [2.75, 3.05) is 0 Å². The lowest BCUT2D eigenvalue weighted by molar-refractivity contribution is -0.137. The Morgan fingerprint density at radius 3 is 2.35 bits per heavy atom. The molecule has 1 saturated carbocycles. The highest BCUT2D eigenvalue weighted by Gasteiger charge is 2.33. The highest BCUT2D eigenvalue weighted by atomic mass is 19.4. The first kappa shape index (κ1) is 15.4. The Morgan fingerprint density at radius 2 is 1.80 bits per heavy atom. The van der Waals surface area contributed by atoms with Crippen LogP contribution in [0.4, 0.5) is 13.2 Å². The minimum Gasteiger partial charge on any atom is -0.321 e. The van der Waals surface area contributed by atoms with Crippen LogP contribution in [0.15, 0.2) is 24.3 Å². The minimum absolute atomic E-state index is 0.464. The highest BCUT2D eigenvalue weighted by Crippen LogP contribution is 2.38. The van der Waals surface area contributed by atoms with Gasteiger partial charge < -0.3 is 5.73 Å². The summed E-state index contributed by atoms with van der Waals surface area (Å²) >= 11 is 0. The van der Waals surface area contributed by atoms with Crippen molar-refractivity contribution < 1.29 is 13.2 Å². The van der Waals surface area contributed by atoms with Crippen LogP contribution in [0, 0.1) is 5.92 Å². The average molecular weight is 285 g/mol. The van der Waals surface area contributed by atoms with Crippen molar-refractivity contribution in [3.05, 3.63) is 35.4 Å². The zero-order chi connectivity index (χ0) is 14.8. The van der Waals surface area contributed by atoms with E-state index >= 15 is 0 Å². The van der Waals surface area contributed by atoms with Crippen LogP contribution in [0.5, 0.6) is 0 Å². The Balaban J connectivity index is 2.17. The smallest absolute Gasteiger partial charge is 0.321 e. The summed E-state index contributed by atoms with van der Waals surface area (Å²) in [5.41, 5.74) is 6.24. The standard InChI is InChI=1S/C16H22F3N/c1-2-12-4-3-10-15(20,11-9-12)13-5-7-14(8-6-13)16(17,18)19/h5-8,12H,2-4,9-11,20H2,1H3. The Kier molecular flexibility index (Phi) is 4.43. The lowest BCUT2D eigenvalue weighted by Crippen LogP contribution is -2.36. The van der Waals surface area contributed by atoms with E-state index in [4.69, 9.17) is 5.73 Å². The van der Waals surface area contributed by atoms with E-state index < -0.39 is 17.3 Å². The maximum absolute atomic E-state index is 12.6. The van der Waals surface area contributed by atoms with Crippen molar-refractivity contribution >= 4 is 0 Å². The average Bonchev–Trinajstić information content (AvgIpc) is 2.61. The molecule has 0 bridgehead atoms. The summed E-state index contributed by atoms with van der Waals surface area (Å²) in [5, 5.41) is 0. The lowest BCUT2D eigenvalue weighted by atomic mass is 9.83. The number of benzene rings is 1. The molecule has 2 N–H and O–H groups in total. The molecule has 0 aromatic heterocycles. The molecule has 2 rings (SSSR count). The zero-order valence-electron chi connectivity index (χ0n) is 11.8. The predicted molar refractivity (Wildman–Crippen MR) is 74.2 cm³/mol. The summed E-state index contributed by atoms with van der Waals surface area (Å²) in [6, 6.07) is 5.39. The van der Waals surface area contributed by atoms with Gasteiger partial charge in [0.25, 0.3) is 0 Å². The quantitative estimate of drug-likeness (QED) is 0.772. The predicted octanol–water partition coefficient (Wildman–Crippen LogP) is 4.85. The van der Waals surface area contributed by atoms with Crippen molar-refractivity contribution in [2.45, 2.75) is 57.2 Å². The van der Waals surface area contributed by atoms with Gasteiger partial charge in [-0.2, -0.15) is 13.2 Å². The molecule has 2 unspecified atom stereocenters. The van der Waals surface area contributed by atoms with Gasteiger partial charge in [-0.15, -0.1) is 0 Å². The molecule has 0 spiro atoms. The zero-order valence-corrected chi connectivity index (χ0v) is 11.8. The van der Waals surface area contributed by atoms with Crippen LogP contribution < -0.4 is 5.73 Å². The van der Waals surface area contributed by atoms with Crippen LogP contribution in [0.3, 0.4) is 0 Å². The first-order valence-corrected chi connectivity index (χ1v) is 7.32. The molecule has 0 radical (unpaired) electrons. The topological polar surface area (TPSA) is 26.0 Å². The van der Waals surface area contributed by atoms with Crippen LogP contribution in [0.1, 0.15) is 56.6 Å². The van der Waals surface area contributed by atoms with E-state index in [2.05, 4.69) is 6.92 Å². The van der Waals surface area contributed by atoms with Gasteiger partial charge in [-0.25, -0.2) is 0 Å². The van der Waals surface area contributed by atoms with Gasteiger partial charge >= 0.3 is 6.18 Å². The fourth-order valence-electron chi connectivity index (χ4n) is 3.13. The van der Waals surface area contributed by atoms with Gasteiger partial charge in [0.15, 0.2) is 0 Å². The normalized spacial score (nSPS) is 28.1. The number of rotatable bonds is 2. The van der Waals surface area contributed by atoms with Crippen molar-refractivity contribution in [1.82, 2.24) is 0 Å². The highest BCUT2D eigenvalue weighted by molar-refractivity contribution is 5.30. The minimum atomic E-state index is -4.28. The third-order valence-electron chi connectivity index (χ3n) is 4.60. The number of halogens is 3. The van der Waals surface area contributed by atoms with Gasteiger partial charge in [-0.05, 0) is 42.9 Å². The van der Waals surface area contributed by atoms with E-state index in [9.17, 15) is 13.2 Å². The van der Waals surface area contributed by atoms with Gasteiger partial charge in [0.2, 0.25) is 0 Å². The number of hydrogen-bond acceptors (Lipinski definition) is 1. The van der Waals surface area contributed by atoms with E-state index in [1.165, 1.54) is 6.42 Å². The SMILES string of the molecule is CCC1CCCC(N)(c2ccc(C(F)(F)F)cc2)CC1. The molecule has 2 atom stereocenters. The second-order valence-corrected chi connectivity index (χ2v) is 5.94. The van der Waals surface area contributed by atoms with Crippen molar-refractivity contribution in [3.8, 4) is 0 Å². The molecule has 1 aliphatic rings. The summed E-state index contributed by atoms with van der Waals surface area (Å²) in [6.07, 6.45) is 1.88. The molecular formula is C16H22F3N. The van der Waals surface area contributed by atoms with Crippen molar-refractivity contribution in [2.24, 2.45) is 11.7 Å². The first-order valence-electron chi connectivity index (χ1n) is 7.32. The summed E-state index contributed by atoms with van der Waals surface area (Å²) in [7, 11) is 0. The Bertz CT molecular complexity index is 438. The monoisotopic (exact) mass is 285 g/mol. The molecule has 112 valence electrons. The fourth-order valence-corrected chi connectivity index (χ4v) is 3.13. The molecule has 0 aliphatic heterocycles. The summed E-state index contributed by atoms with van der Waals surface area (Å²) in [4.78, 5) is 0. The molecule has 1 fully saturated rings. The second-order valence-electron chi connectivity index (χ2n) is 5.94. The maximum Gasteiger partial charge on any atom is 0.416 e. The van der Waals surface area contributed by atoms with Crippen LogP contribution in [0.25, 0.3) is 0 Å². The fraction of sp³-hybridized carbons (Fsp3) is 0.625. The molecule has 1 aliphatic carbocycles. The van der Waals surface area contributed by atoms with Crippen LogP contribution >= 0.6 is 0 Å². The number of nitrogens with two attached hydrogens (primary N) is 1. The molecule has 0 amide bonds. The van der Waals surface area contributed by atoms with Crippen molar-refractivity contribution in [1.29, 1.82) is 0 Å². The molecule has 1 nitrogen and oxygen atoms in total. The second kappa shape index (κ2) is 5.76. The Hall–Kier alpha value is -1.03. The van der Waals surface area contributed by atoms with Gasteiger partial charge in [0, 0.05) is 5.54 Å². The van der Waals surface area contributed by atoms with E-state index in [1.807, 2.05) is 0 Å². The van der Waals surface area contributed by atoms with Crippen LogP contribution in [-0.2, 0) is 11.7 Å². The Labute approximate surface area is 118 Å². The lowest BCUT2D eigenvalue weighted by Gasteiger charge is -2.29. The van der Waals surface area contributed by atoms with Crippen LogP contribution in [-0.4, -0.2) is 0 Å². The van der Waals surface area contributed by atoms with E-state index in [0.717, 1.165) is 49.8 Å². The third-order valence-corrected chi connectivity index (χ3v) is 4.60. The maximum atomic E-state index is 12.6. The molecule has 20 heavy (non-hydrogen) atoms. The van der Waals surface area contributed by atoms with Crippen molar-refractivity contribution in [3.63, 3.8) is 0 Å². The summed E-state index contributed by atoms with van der Waals surface area (Å²) in [6.45, 7) is 2.19. The Morgan fingerprint density at radius 1 is 1.15 bits per heavy atom. The number of hydrogen-bond donors (Lipinski definition) is 1. The molecular weight excluding hydrogens is 263 g/mol. The third kappa shape index (κ3) is 3.35. The van der Waals surface area contributed by atoms with Gasteiger partial charge in [-0.3, -0.25) is 0 Å². The molecule has 0 heterocycles. The summed E-state index contributed by atoms with van der Waals surface area (Å²) < 4.78 is 37.8. The summed E-state index contributed by atoms with van der Waals surface area (Å²) in [5.74, 6) is 0.704. The van der Waals surface area contributed by atoms with Gasteiger partial charge in [0.05, 0.1) is 5.56 Å².